The van der Waals surface area contributed by atoms with Crippen LogP contribution in [0.5, 0.6) is 0 Å². The van der Waals surface area contributed by atoms with Gasteiger partial charge < -0.3 is 10.0 Å². The lowest BCUT2D eigenvalue weighted by Crippen LogP contribution is -2.46. The Labute approximate surface area is 146 Å². The smallest absolute Gasteiger partial charge is 0.332 e. The second-order valence-electron chi connectivity index (χ2n) is 6.67. The zero-order valence-electron chi connectivity index (χ0n) is 14.9. The van der Waals surface area contributed by atoms with Crippen molar-refractivity contribution in [3.63, 3.8) is 0 Å². The van der Waals surface area contributed by atoms with Crippen molar-refractivity contribution in [1.82, 2.24) is 9.13 Å². The van der Waals surface area contributed by atoms with Gasteiger partial charge in [-0.25, -0.2) is 4.79 Å². The van der Waals surface area contributed by atoms with Crippen LogP contribution in [0.15, 0.2) is 39.9 Å². The molecule has 1 aromatic carbocycles. The third-order valence-corrected chi connectivity index (χ3v) is 3.84. The second kappa shape index (κ2) is 6.95. The van der Waals surface area contributed by atoms with Crippen LogP contribution in [0.4, 0.5) is 5.82 Å². The first kappa shape index (κ1) is 18.5. The molecule has 0 aliphatic heterocycles. The summed E-state index contributed by atoms with van der Waals surface area (Å²) in [5.41, 5.74) is -1.44. The minimum absolute atomic E-state index is 0.121. The predicted octanol–water partition coefficient (Wildman–Crippen LogP) is 0.733. The summed E-state index contributed by atoms with van der Waals surface area (Å²) >= 11 is 0. The Morgan fingerprint density at radius 2 is 1.76 bits per heavy atom. The van der Waals surface area contributed by atoms with E-state index < -0.39 is 16.9 Å². The monoisotopic (exact) mass is 342 g/mol. The van der Waals surface area contributed by atoms with Crippen LogP contribution in [-0.4, -0.2) is 26.4 Å². The molecule has 0 amide bonds. The van der Waals surface area contributed by atoms with Crippen LogP contribution < -0.4 is 16.1 Å². The largest absolute Gasteiger partial charge is 0.389 e. The Balaban J connectivity index is 2.68. The average molecular weight is 342 g/mol. The Hall–Kier alpha value is -2.85. The Kier molecular flexibility index (Phi) is 5.14. The van der Waals surface area contributed by atoms with Gasteiger partial charge in [-0.05, 0) is 19.4 Å². The van der Waals surface area contributed by atoms with E-state index >= 15 is 0 Å². The SMILES string of the molecule is Cn1c(N(Cc2ccccc2)CC(C)(C)O)c(C#N)c(=O)n(C)c1=O. The van der Waals surface area contributed by atoms with Gasteiger partial charge in [0.05, 0.1) is 5.60 Å². The molecular weight excluding hydrogens is 320 g/mol. The van der Waals surface area contributed by atoms with E-state index in [1.54, 1.807) is 18.7 Å². The molecule has 2 aromatic rings. The van der Waals surface area contributed by atoms with Crippen LogP contribution in [0.3, 0.4) is 0 Å². The summed E-state index contributed by atoms with van der Waals surface area (Å²) in [6, 6.07) is 11.4. The molecule has 1 aromatic heterocycles. The fraction of sp³-hybridized carbons (Fsp3) is 0.389. The van der Waals surface area contributed by atoms with Crippen molar-refractivity contribution in [3.8, 4) is 6.07 Å². The number of anilines is 1. The zero-order valence-corrected chi connectivity index (χ0v) is 14.9. The maximum atomic E-state index is 12.4. The molecular formula is C18H22N4O3. The van der Waals surface area contributed by atoms with Crippen LogP contribution in [0, 0.1) is 11.3 Å². The third-order valence-electron chi connectivity index (χ3n) is 3.84. The van der Waals surface area contributed by atoms with Crippen molar-refractivity contribution in [2.45, 2.75) is 26.0 Å². The molecule has 0 aliphatic rings. The number of nitrogens with zero attached hydrogens (tertiary/aromatic N) is 4. The lowest BCUT2D eigenvalue weighted by atomic mass is 10.1. The Bertz CT molecular complexity index is 915. The summed E-state index contributed by atoms with van der Waals surface area (Å²) in [7, 11) is 2.85. The van der Waals surface area contributed by atoms with E-state index in [4.69, 9.17) is 0 Å². The highest BCUT2D eigenvalue weighted by molar-refractivity contribution is 5.54. The summed E-state index contributed by atoms with van der Waals surface area (Å²) in [5.74, 6) is 0.210. The molecule has 7 nitrogen and oxygen atoms in total. The van der Waals surface area contributed by atoms with E-state index in [0.717, 1.165) is 10.1 Å². The maximum Gasteiger partial charge on any atom is 0.332 e. The van der Waals surface area contributed by atoms with Crippen molar-refractivity contribution in [3.05, 3.63) is 62.3 Å². The minimum atomic E-state index is -1.08. The summed E-state index contributed by atoms with van der Waals surface area (Å²) in [6.07, 6.45) is 0. The van der Waals surface area contributed by atoms with E-state index in [9.17, 15) is 20.0 Å². The van der Waals surface area contributed by atoms with Crippen LogP contribution >= 0.6 is 0 Å². The second-order valence-corrected chi connectivity index (χ2v) is 6.67. The fourth-order valence-electron chi connectivity index (χ4n) is 2.78. The minimum Gasteiger partial charge on any atom is -0.389 e. The lowest BCUT2D eigenvalue weighted by Gasteiger charge is -2.32. The molecule has 0 saturated carbocycles. The van der Waals surface area contributed by atoms with E-state index in [1.807, 2.05) is 36.4 Å². The van der Waals surface area contributed by atoms with Crippen LogP contribution in [0.1, 0.15) is 25.0 Å². The lowest BCUT2D eigenvalue weighted by molar-refractivity contribution is 0.0866. The zero-order chi connectivity index (χ0) is 18.8. The maximum absolute atomic E-state index is 12.4. The molecule has 7 heteroatoms. The molecule has 0 spiro atoms. The molecule has 2 rings (SSSR count). The predicted molar refractivity (Wildman–Crippen MR) is 95.4 cm³/mol. The number of rotatable bonds is 5. The van der Waals surface area contributed by atoms with E-state index in [-0.39, 0.29) is 17.9 Å². The van der Waals surface area contributed by atoms with Crippen molar-refractivity contribution < 1.29 is 5.11 Å². The number of aromatic nitrogens is 2. The highest BCUT2D eigenvalue weighted by atomic mass is 16.3. The van der Waals surface area contributed by atoms with E-state index in [2.05, 4.69) is 0 Å². The summed E-state index contributed by atoms with van der Waals surface area (Å²) in [5, 5.41) is 19.8. The number of nitriles is 1. The van der Waals surface area contributed by atoms with Crippen LogP contribution in [-0.2, 0) is 20.6 Å². The molecule has 0 bridgehead atoms. The van der Waals surface area contributed by atoms with Gasteiger partial charge in [-0.2, -0.15) is 5.26 Å². The van der Waals surface area contributed by atoms with Crippen molar-refractivity contribution in [2.75, 3.05) is 11.4 Å². The molecule has 0 radical (unpaired) electrons. The first-order valence-corrected chi connectivity index (χ1v) is 7.87. The standard InChI is InChI=1S/C18H22N4O3/c1-18(2,25)12-22(11-13-8-6-5-7-9-13)15-14(10-19)16(23)21(4)17(24)20(15)3/h5-9,25H,11-12H2,1-4H3. The normalized spacial score (nSPS) is 11.2. The molecule has 0 atom stereocenters. The van der Waals surface area contributed by atoms with Crippen LogP contribution in [0.25, 0.3) is 0 Å². The first-order chi connectivity index (χ1) is 11.7. The number of benzene rings is 1. The number of hydrogen-bond donors (Lipinski definition) is 1. The molecule has 1 N–H and O–H groups in total. The molecule has 25 heavy (non-hydrogen) atoms. The number of aliphatic hydroxyl groups is 1. The average Bonchev–Trinajstić information content (AvgIpc) is 2.55. The summed E-state index contributed by atoms with van der Waals surface area (Å²) in [6.45, 7) is 3.77. The van der Waals surface area contributed by atoms with Crippen molar-refractivity contribution in [2.24, 2.45) is 14.1 Å². The van der Waals surface area contributed by atoms with Gasteiger partial charge in [0, 0.05) is 27.2 Å². The van der Waals surface area contributed by atoms with Gasteiger partial charge in [-0.1, -0.05) is 30.3 Å². The van der Waals surface area contributed by atoms with Gasteiger partial charge in [0.2, 0.25) is 0 Å². The first-order valence-electron chi connectivity index (χ1n) is 7.87. The molecule has 0 unspecified atom stereocenters. The van der Waals surface area contributed by atoms with E-state index in [0.29, 0.717) is 6.54 Å². The van der Waals surface area contributed by atoms with Gasteiger partial charge in [-0.15, -0.1) is 0 Å². The van der Waals surface area contributed by atoms with Gasteiger partial charge in [0.1, 0.15) is 11.9 Å². The molecule has 0 saturated heterocycles. The Morgan fingerprint density at radius 1 is 1.16 bits per heavy atom. The van der Waals surface area contributed by atoms with Crippen molar-refractivity contribution in [1.29, 1.82) is 5.26 Å². The quantitative estimate of drug-likeness (QED) is 0.865. The van der Waals surface area contributed by atoms with Gasteiger partial charge >= 0.3 is 5.69 Å². The van der Waals surface area contributed by atoms with E-state index in [1.165, 1.54) is 18.7 Å². The van der Waals surface area contributed by atoms with Gasteiger partial charge in [0.15, 0.2) is 5.56 Å². The summed E-state index contributed by atoms with van der Waals surface area (Å²) < 4.78 is 2.18. The van der Waals surface area contributed by atoms with Gasteiger partial charge in [-0.3, -0.25) is 13.9 Å². The van der Waals surface area contributed by atoms with Crippen LogP contribution in [0.2, 0.25) is 0 Å². The molecule has 1 heterocycles. The van der Waals surface area contributed by atoms with Gasteiger partial charge in [0.25, 0.3) is 5.56 Å². The molecule has 0 fully saturated rings. The Morgan fingerprint density at radius 3 is 2.28 bits per heavy atom. The summed E-state index contributed by atoms with van der Waals surface area (Å²) in [4.78, 5) is 26.4. The fourth-order valence-corrected chi connectivity index (χ4v) is 2.78. The molecule has 132 valence electrons. The number of hydrogen-bond acceptors (Lipinski definition) is 5. The van der Waals surface area contributed by atoms with Crippen molar-refractivity contribution >= 4 is 5.82 Å². The highest BCUT2D eigenvalue weighted by Gasteiger charge is 2.25. The topological polar surface area (TPSA) is 91.3 Å². The highest BCUT2D eigenvalue weighted by Crippen LogP contribution is 2.20. The third kappa shape index (κ3) is 3.98. The molecule has 0 aliphatic carbocycles.